The number of hydrogen-bond acceptors (Lipinski definition) is 5. The van der Waals surface area contributed by atoms with Crippen LogP contribution in [0.25, 0.3) is 0 Å². The lowest BCUT2D eigenvalue weighted by atomic mass is 9.97. The van der Waals surface area contributed by atoms with E-state index in [1.165, 1.54) is 11.3 Å². The average Bonchev–Trinajstić information content (AvgIpc) is 2.71. The maximum atomic E-state index is 12.7. The van der Waals surface area contributed by atoms with E-state index in [9.17, 15) is 8.42 Å². The van der Waals surface area contributed by atoms with Gasteiger partial charge < -0.3 is 10.1 Å². The highest BCUT2D eigenvalue weighted by atomic mass is 32.2. The van der Waals surface area contributed by atoms with Crippen LogP contribution in [0.4, 0.5) is 0 Å². The molecule has 0 bridgehead atoms. The fourth-order valence-electron chi connectivity index (χ4n) is 2.52. The highest BCUT2D eigenvalue weighted by molar-refractivity contribution is 7.89. The minimum Gasteiger partial charge on any atom is -0.380 e. The molecule has 1 saturated heterocycles. The van der Waals surface area contributed by atoms with Crippen molar-refractivity contribution in [2.75, 3.05) is 20.3 Å². The summed E-state index contributed by atoms with van der Waals surface area (Å²) in [4.78, 5) is 1.27. The molecule has 20 heavy (non-hydrogen) atoms. The number of aryl methyl sites for hydroxylation is 1. The fraction of sp³-hybridized carbons (Fsp3) is 0.692. The summed E-state index contributed by atoms with van der Waals surface area (Å²) in [5, 5.41) is 4.91. The summed E-state index contributed by atoms with van der Waals surface area (Å²) >= 11 is 1.48. The highest BCUT2D eigenvalue weighted by Crippen LogP contribution is 2.29. The predicted octanol–water partition coefficient (Wildman–Crippen LogP) is 1.62. The number of hydrogen-bond donors (Lipinski definition) is 2. The third kappa shape index (κ3) is 3.40. The first-order chi connectivity index (χ1) is 9.38. The molecule has 1 aromatic heterocycles. The molecule has 0 aliphatic carbocycles. The van der Waals surface area contributed by atoms with Crippen LogP contribution in [0.5, 0.6) is 0 Å². The van der Waals surface area contributed by atoms with E-state index in [-0.39, 0.29) is 0 Å². The molecular weight excluding hydrogens is 296 g/mol. The van der Waals surface area contributed by atoms with Gasteiger partial charge in [0.25, 0.3) is 0 Å². The first-order valence-corrected chi connectivity index (χ1v) is 9.07. The third-order valence-corrected chi connectivity index (χ3v) is 6.52. The van der Waals surface area contributed by atoms with Crippen molar-refractivity contribution in [3.05, 3.63) is 15.8 Å². The van der Waals surface area contributed by atoms with Crippen molar-refractivity contribution in [3.63, 3.8) is 0 Å². The lowest BCUT2D eigenvalue weighted by Gasteiger charge is -2.34. The van der Waals surface area contributed by atoms with Crippen molar-refractivity contribution in [1.29, 1.82) is 0 Å². The van der Waals surface area contributed by atoms with E-state index in [1.807, 2.05) is 26.3 Å². The van der Waals surface area contributed by atoms with E-state index in [1.54, 1.807) is 0 Å². The summed E-state index contributed by atoms with van der Waals surface area (Å²) in [5.41, 5.74) is 0.288. The SMILES string of the molecule is CNCc1scc(C)c1S(=O)(=O)NC1(C)CCCOC1. The van der Waals surface area contributed by atoms with Crippen LogP contribution in [0.15, 0.2) is 10.3 Å². The van der Waals surface area contributed by atoms with E-state index in [0.717, 1.165) is 23.3 Å². The molecular formula is C13H22N2O3S2. The molecule has 1 aliphatic heterocycles. The van der Waals surface area contributed by atoms with Crippen LogP contribution in [0.1, 0.15) is 30.2 Å². The zero-order valence-electron chi connectivity index (χ0n) is 12.2. The van der Waals surface area contributed by atoms with Gasteiger partial charge in [-0.2, -0.15) is 0 Å². The molecule has 0 aromatic carbocycles. The molecule has 2 N–H and O–H groups in total. The second-order valence-electron chi connectivity index (χ2n) is 5.52. The zero-order valence-corrected chi connectivity index (χ0v) is 13.8. The number of thiophene rings is 1. The van der Waals surface area contributed by atoms with Crippen LogP contribution < -0.4 is 10.0 Å². The Hall–Kier alpha value is -0.470. The van der Waals surface area contributed by atoms with Crippen molar-refractivity contribution in [2.24, 2.45) is 0 Å². The molecule has 114 valence electrons. The zero-order chi connectivity index (χ0) is 14.8. The number of ether oxygens (including phenoxy) is 1. The minimum absolute atomic E-state index is 0.420. The molecule has 5 nitrogen and oxygen atoms in total. The average molecular weight is 318 g/mol. The Morgan fingerprint density at radius 2 is 2.25 bits per heavy atom. The first kappa shape index (κ1) is 15.9. The molecule has 0 radical (unpaired) electrons. The summed E-state index contributed by atoms with van der Waals surface area (Å²) in [6.45, 7) is 5.44. The molecule has 1 unspecified atom stereocenters. The van der Waals surface area contributed by atoms with Crippen molar-refractivity contribution < 1.29 is 13.2 Å². The van der Waals surface area contributed by atoms with Crippen LogP contribution in [-0.4, -0.2) is 34.2 Å². The highest BCUT2D eigenvalue weighted by Gasteiger charge is 2.34. The third-order valence-electron chi connectivity index (χ3n) is 3.41. The van der Waals surface area contributed by atoms with Crippen LogP contribution in [-0.2, 0) is 21.3 Å². The molecule has 0 saturated carbocycles. The van der Waals surface area contributed by atoms with Crippen molar-refractivity contribution in [1.82, 2.24) is 10.0 Å². The van der Waals surface area contributed by atoms with Gasteiger partial charge in [-0.15, -0.1) is 11.3 Å². The molecule has 7 heteroatoms. The molecule has 1 aromatic rings. The van der Waals surface area contributed by atoms with Gasteiger partial charge in [0.05, 0.1) is 12.1 Å². The van der Waals surface area contributed by atoms with Crippen molar-refractivity contribution >= 4 is 21.4 Å². The first-order valence-electron chi connectivity index (χ1n) is 6.71. The van der Waals surface area contributed by atoms with Gasteiger partial charge in [-0.05, 0) is 44.7 Å². The molecule has 1 fully saturated rings. The Balaban J connectivity index is 2.28. The van der Waals surface area contributed by atoms with Gasteiger partial charge in [0.2, 0.25) is 10.0 Å². The van der Waals surface area contributed by atoms with E-state index in [2.05, 4.69) is 10.0 Å². The monoisotopic (exact) mass is 318 g/mol. The van der Waals surface area contributed by atoms with Gasteiger partial charge >= 0.3 is 0 Å². The second kappa shape index (κ2) is 6.11. The Bertz CT molecular complexity index is 560. The largest absolute Gasteiger partial charge is 0.380 e. The molecule has 1 aliphatic rings. The van der Waals surface area contributed by atoms with Gasteiger partial charge in [-0.25, -0.2) is 13.1 Å². The summed E-state index contributed by atoms with van der Waals surface area (Å²) < 4.78 is 33.7. The molecule has 2 rings (SSSR count). The summed E-state index contributed by atoms with van der Waals surface area (Å²) in [6, 6.07) is 0. The van der Waals surface area contributed by atoms with Gasteiger partial charge in [-0.3, -0.25) is 0 Å². The lowest BCUT2D eigenvalue weighted by molar-refractivity contribution is 0.0386. The lowest BCUT2D eigenvalue weighted by Crippen LogP contribution is -2.51. The number of nitrogens with one attached hydrogen (secondary N) is 2. The molecule has 0 amide bonds. The van der Waals surface area contributed by atoms with Crippen LogP contribution in [0, 0.1) is 6.92 Å². The maximum absolute atomic E-state index is 12.7. The minimum atomic E-state index is -3.52. The molecule has 2 heterocycles. The maximum Gasteiger partial charge on any atom is 0.242 e. The number of sulfonamides is 1. The Morgan fingerprint density at radius 3 is 2.85 bits per heavy atom. The Labute approximate surface area is 124 Å². The summed E-state index contributed by atoms with van der Waals surface area (Å²) in [6.07, 6.45) is 1.68. The van der Waals surface area contributed by atoms with Crippen LogP contribution in [0.2, 0.25) is 0 Å². The summed E-state index contributed by atoms with van der Waals surface area (Å²) in [7, 11) is -1.70. The van der Waals surface area contributed by atoms with Gasteiger partial charge in [0.15, 0.2) is 0 Å². The fourth-order valence-corrected chi connectivity index (χ4v) is 5.77. The van der Waals surface area contributed by atoms with E-state index in [4.69, 9.17) is 4.74 Å². The standard InChI is InChI=1S/C13H22N2O3S2/c1-10-8-19-11(7-14-3)12(10)20(16,17)15-13(2)5-4-6-18-9-13/h8,14-15H,4-7,9H2,1-3H3. The predicted molar refractivity (Wildman–Crippen MR) is 80.6 cm³/mol. The van der Waals surface area contributed by atoms with Gasteiger partial charge in [0.1, 0.15) is 4.90 Å². The molecule has 1 atom stereocenters. The Kier molecular flexibility index (Phi) is 4.86. The van der Waals surface area contributed by atoms with E-state index >= 15 is 0 Å². The van der Waals surface area contributed by atoms with Crippen LogP contribution in [0.3, 0.4) is 0 Å². The Morgan fingerprint density at radius 1 is 1.50 bits per heavy atom. The number of rotatable bonds is 5. The van der Waals surface area contributed by atoms with E-state index < -0.39 is 15.6 Å². The van der Waals surface area contributed by atoms with Gasteiger partial charge in [0, 0.05) is 18.0 Å². The quantitative estimate of drug-likeness (QED) is 0.866. The second-order valence-corrected chi connectivity index (χ2v) is 8.11. The topological polar surface area (TPSA) is 67.4 Å². The van der Waals surface area contributed by atoms with Gasteiger partial charge in [-0.1, -0.05) is 0 Å². The summed E-state index contributed by atoms with van der Waals surface area (Å²) in [5.74, 6) is 0. The van der Waals surface area contributed by atoms with Crippen LogP contribution >= 0.6 is 11.3 Å². The molecule has 0 spiro atoms. The normalized spacial score (nSPS) is 23.9. The van der Waals surface area contributed by atoms with Crippen molar-refractivity contribution in [3.8, 4) is 0 Å². The smallest absolute Gasteiger partial charge is 0.242 e. The van der Waals surface area contributed by atoms with E-state index in [0.29, 0.717) is 24.7 Å². The van der Waals surface area contributed by atoms with Crippen molar-refractivity contribution in [2.45, 2.75) is 43.7 Å².